The molecule has 2 rings (SSSR count). The normalized spacial score (nSPS) is 18.5. The molecule has 0 radical (unpaired) electrons. The summed E-state index contributed by atoms with van der Waals surface area (Å²) >= 11 is 0. The highest BCUT2D eigenvalue weighted by Gasteiger charge is 2.20. The van der Waals surface area contributed by atoms with Gasteiger partial charge in [0.05, 0.1) is 24.9 Å². The van der Waals surface area contributed by atoms with Gasteiger partial charge in [0.15, 0.2) is 0 Å². The molecule has 132 valence electrons. The van der Waals surface area contributed by atoms with Gasteiger partial charge in [0, 0.05) is 24.3 Å². The second kappa shape index (κ2) is 8.78. The summed E-state index contributed by atoms with van der Waals surface area (Å²) in [5, 5.41) is 26.6. The van der Waals surface area contributed by atoms with Gasteiger partial charge in [-0.05, 0) is 59.2 Å². The Morgan fingerprint density at radius 1 is 1.30 bits per heavy atom. The number of likely N-dealkylation sites (tertiary alicyclic amines) is 1. The Hall–Kier alpha value is -0.950. The molecule has 1 saturated heterocycles. The number of hydrogen-bond acceptors (Lipinski definition) is 5. The van der Waals surface area contributed by atoms with Crippen LogP contribution < -0.4 is 5.32 Å². The average molecular weight is 324 g/mol. The van der Waals surface area contributed by atoms with Crippen molar-refractivity contribution in [3.8, 4) is 0 Å². The first-order valence-electron chi connectivity index (χ1n) is 8.76. The number of piperidine rings is 1. The Bertz CT molecular complexity index is 479. The topological polar surface area (TPSA) is 73.5 Å². The Morgan fingerprint density at radius 3 is 2.61 bits per heavy atom. The molecular weight excluding hydrogens is 292 g/mol. The number of β-amino-alcohol motifs (C(OH)–C–C–N with tert-alkyl or cyclic N) is 1. The molecule has 1 aliphatic rings. The van der Waals surface area contributed by atoms with Crippen LogP contribution in [0, 0.1) is 19.8 Å². The summed E-state index contributed by atoms with van der Waals surface area (Å²) in [6, 6.07) is 0. The molecule has 0 amide bonds. The van der Waals surface area contributed by atoms with Crippen molar-refractivity contribution in [3.63, 3.8) is 0 Å². The van der Waals surface area contributed by atoms with Crippen LogP contribution in [0.15, 0.2) is 0 Å². The van der Waals surface area contributed by atoms with E-state index in [-0.39, 0.29) is 12.7 Å². The maximum Gasteiger partial charge on any atom is 0.0644 e. The van der Waals surface area contributed by atoms with E-state index in [4.69, 9.17) is 5.11 Å². The van der Waals surface area contributed by atoms with Gasteiger partial charge >= 0.3 is 0 Å². The van der Waals surface area contributed by atoms with Crippen molar-refractivity contribution in [2.75, 3.05) is 32.8 Å². The molecular formula is C17H32N4O2. The third-order valence-electron chi connectivity index (χ3n) is 4.81. The van der Waals surface area contributed by atoms with E-state index in [2.05, 4.69) is 22.2 Å². The fraction of sp³-hybridized carbons (Fsp3) is 0.824. The molecule has 0 spiro atoms. The molecule has 1 aromatic heterocycles. The summed E-state index contributed by atoms with van der Waals surface area (Å²) in [7, 11) is 0. The summed E-state index contributed by atoms with van der Waals surface area (Å²) in [6.45, 7) is 11.5. The van der Waals surface area contributed by atoms with Gasteiger partial charge in [-0.1, -0.05) is 0 Å². The highest BCUT2D eigenvalue weighted by molar-refractivity contribution is 5.24. The molecule has 0 aromatic carbocycles. The van der Waals surface area contributed by atoms with E-state index < -0.39 is 0 Å². The monoisotopic (exact) mass is 324 g/mol. The van der Waals surface area contributed by atoms with E-state index in [9.17, 15) is 5.11 Å². The maximum atomic E-state index is 9.45. The number of nitrogens with one attached hydrogen (secondary N) is 1. The van der Waals surface area contributed by atoms with Crippen LogP contribution in [0.3, 0.4) is 0 Å². The van der Waals surface area contributed by atoms with Crippen LogP contribution in [0.4, 0.5) is 0 Å². The van der Waals surface area contributed by atoms with Crippen LogP contribution in [-0.2, 0) is 13.1 Å². The largest absolute Gasteiger partial charge is 0.394 e. The van der Waals surface area contributed by atoms with Crippen molar-refractivity contribution in [3.05, 3.63) is 17.0 Å². The van der Waals surface area contributed by atoms with Crippen LogP contribution in [0.2, 0.25) is 0 Å². The van der Waals surface area contributed by atoms with Gasteiger partial charge in [0.1, 0.15) is 0 Å². The molecule has 23 heavy (non-hydrogen) atoms. The Labute approximate surface area is 139 Å². The highest BCUT2D eigenvalue weighted by Crippen LogP contribution is 2.17. The first kappa shape index (κ1) is 18.4. The van der Waals surface area contributed by atoms with Crippen molar-refractivity contribution in [1.82, 2.24) is 20.0 Å². The van der Waals surface area contributed by atoms with Gasteiger partial charge in [-0.2, -0.15) is 5.10 Å². The number of nitrogens with zero attached hydrogens (tertiary/aromatic N) is 3. The molecule has 1 atom stereocenters. The molecule has 0 aliphatic carbocycles. The fourth-order valence-corrected chi connectivity index (χ4v) is 3.45. The third kappa shape index (κ3) is 5.28. The molecule has 3 N–H and O–H groups in total. The van der Waals surface area contributed by atoms with Crippen LogP contribution in [0.25, 0.3) is 0 Å². The molecule has 0 unspecified atom stereocenters. The van der Waals surface area contributed by atoms with E-state index in [0.717, 1.165) is 44.1 Å². The van der Waals surface area contributed by atoms with Crippen molar-refractivity contribution in [2.24, 2.45) is 5.92 Å². The minimum Gasteiger partial charge on any atom is -0.394 e. The zero-order valence-corrected chi connectivity index (χ0v) is 14.8. The number of aliphatic hydroxyl groups is 2. The van der Waals surface area contributed by atoms with E-state index in [1.165, 1.54) is 18.4 Å². The Morgan fingerprint density at radius 2 is 2.00 bits per heavy atom. The second-order valence-electron chi connectivity index (χ2n) is 6.82. The van der Waals surface area contributed by atoms with E-state index in [1.807, 2.05) is 18.5 Å². The van der Waals surface area contributed by atoms with Crippen LogP contribution in [0.5, 0.6) is 0 Å². The fourth-order valence-electron chi connectivity index (χ4n) is 3.45. The van der Waals surface area contributed by atoms with Crippen LogP contribution >= 0.6 is 0 Å². The zero-order chi connectivity index (χ0) is 16.8. The molecule has 6 nitrogen and oxygen atoms in total. The molecule has 1 aromatic rings. The lowest BCUT2D eigenvalue weighted by Crippen LogP contribution is -2.40. The van der Waals surface area contributed by atoms with E-state index in [1.54, 1.807) is 0 Å². The number of aryl methyl sites for hydroxylation is 1. The van der Waals surface area contributed by atoms with Crippen LogP contribution in [-0.4, -0.2) is 63.8 Å². The van der Waals surface area contributed by atoms with Crippen molar-refractivity contribution in [2.45, 2.75) is 52.8 Å². The minimum absolute atomic E-state index is 0.125. The lowest BCUT2D eigenvalue weighted by molar-refractivity contribution is 0.0998. The third-order valence-corrected chi connectivity index (χ3v) is 4.81. The van der Waals surface area contributed by atoms with Crippen molar-refractivity contribution < 1.29 is 10.2 Å². The lowest BCUT2D eigenvalue weighted by atomic mass is 9.96. The first-order chi connectivity index (χ1) is 11.0. The first-order valence-corrected chi connectivity index (χ1v) is 8.76. The minimum atomic E-state index is -0.230. The maximum absolute atomic E-state index is 9.45. The number of rotatable bonds is 8. The molecule has 2 heterocycles. The average Bonchev–Trinajstić information content (AvgIpc) is 2.76. The van der Waals surface area contributed by atoms with Crippen molar-refractivity contribution >= 4 is 0 Å². The van der Waals surface area contributed by atoms with Crippen molar-refractivity contribution in [1.29, 1.82) is 0 Å². The Balaban J connectivity index is 1.74. The molecule has 1 fully saturated rings. The molecule has 6 heteroatoms. The second-order valence-corrected chi connectivity index (χ2v) is 6.82. The number of aromatic nitrogens is 2. The summed E-state index contributed by atoms with van der Waals surface area (Å²) in [4.78, 5) is 2.36. The van der Waals surface area contributed by atoms with Crippen LogP contribution in [0.1, 0.15) is 36.7 Å². The molecule has 0 bridgehead atoms. The summed E-state index contributed by atoms with van der Waals surface area (Å²) < 4.78 is 1.89. The smallest absolute Gasteiger partial charge is 0.0644 e. The predicted molar refractivity (Wildman–Crippen MR) is 91.3 cm³/mol. The van der Waals surface area contributed by atoms with E-state index >= 15 is 0 Å². The number of hydrogen-bond donors (Lipinski definition) is 3. The van der Waals surface area contributed by atoms with Gasteiger partial charge < -0.3 is 20.4 Å². The summed E-state index contributed by atoms with van der Waals surface area (Å²) in [5.41, 5.74) is 3.45. The summed E-state index contributed by atoms with van der Waals surface area (Å²) in [5.74, 6) is 0.716. The predicted octanol–water partition coefficient (Wildman–Crippen LogP) is 0.675. The van der Waals surface area contributed by atoms with Gasteiger partial charge in [0.25, 0.3) is 0 Å². The quantitative estimate of drug-likeness (QED) is 0.656. The molecule has 1 aliphatic heterocycles. The van der Waals surface area contributed by atoms with Gasteiger partial charge in [-0.3, -0.25) is 4.68 Å². The SMILES string of the molecule is Cc1nn(CCO)c(C)c1CNCC1CCN(C[C@@H](C)O)CC1. The standard InChI is InChI=1S/C17H32N4O2/c1-13(23)12-20-6-4-16(5-7-20)10-18-11-17-14(2)19-21(8-9-22)15(17)3/h13,16,18,22-23H,4-12H2,1-3H3/t13-/m1/s1. The van der Waals surface area contributed by atoms with Gasteiger partial charge in [-0.25, -0.2) is 0 Å². The number of aliphatic hydroxyl groups excluding tert-OH is 2. The van der Waals surface area contributed by atoms with Gasteiger partial charge in [0.2, 0.25) is 0 Å². The lowest BCUT2D eigenvalue weighted by Gasteiger charge is -2.32. The molecule has 0 saturated carbocycles. The van der Waals surface area contributed by atoms with Gasteiger partial charge in [-0.15, -0.1) is 0 Å². The highest BCUT2D eigenvalue weighted by atomic mass is 16.3. The Kier molecular flexibility index (Phi) is 7.02. The summed E-state index contributed by atoms with van der Waals surface area (Å²) in [6.07, 6.45) is 2.16. The van der Waals surface area contributed by atoms with E-state index in [0.29, 0.717) is 12.5 Å². The zero-order valence-electron chi connectivity index (χ0n) is 14.8.